The monoisotopic (exact) mass is 320 g/mol. The average molecular weight is 321 g/mol. The molecule has 1 aliphatic carbocycles. The normalized spacial score (nSPS) is 22.0. The minimum atomic E-state index is -0.0122. The number of rotatable bonds is 2. The number of hydrogen-bond acceptors (Lipinski definition) is 2. The van der Waals surface area contributed by atoms with Crippen LogP contribution in [0.5, 0.6) is 0 Å². The summed E-state index contributed by atoms with van der Waals surface area (Å²) in [5.41, 5.74) is 1.48. The van der Waals surface area contributed by atoms with Crippen LogP contribution < -0.4 is 5.32 Å². The molecule has 1 saturated heterocycles. The molecule has 1 N–H and O–H groups in total. The van der Waals surface area contributed by atoms with E-state index in [-0.39, 0.29) is 11.9 Å². The molecule has 0 atom stereocenters. The van der Waals surface area contributed by atoms with Gasteiger partial charge in [-0.3, -0.25) is 9.69 Å². The van der Waals surface area contributed by atoms with Gasteiger partial charge in [-0.15, -0.1) is 0 Å². The van der Waals surface area contributed by atoms with Crippen molar-refractivity contribution in [2.24, 2.45) is 0 Å². The second-order valence-corrected chi connectivity index (χ2v) is 6.33. The number of nitrogens with zero attached hydrogens (tertiary/aromatic N) is 1. The van der Waals surface area contributed by atoms with Crippen molar-refractivity contribution in [2.45, 2.75) is 38.1 Å². The Morgan fingerprint density at radius 2 is 1.86 bits per heavy atom. The van der Waals surface area contributed by atoms with Crippen LogP contribution in [0.15, 0.2) is 30.0 Å². The first-order valence-corrected chi connectivity index (χ1v) is 8.05. The van der Waals surface area contributed by atoms with Gasteiger partial charge in [-0.1, -0.05) is 43.0 Å². The minimum absolute atomic E-state index is 0.0122. The van der Waals surface area contributed by atoms with Gasteiger partial charge in [0.2, 0.25) is 0 Å². The Hall–Kier alpha value is -1.39. The highest BCUT2D eigenvalue weighted by Crippen LogP contribution is 2.27. The Morgan fingerprint density at radius 3 is 2.52 bits per heavy atom. The Bertz CT molecular complexity index is 591. The molecule has 1 amide bonds. The van der Waals surface area contributed by atoms with Gasteiger partial charge in [0.05, 0.1) is 0 Å². The third-order valence-electron chi connectivity index (χ3n) is 4.03. The van der Waals surface area contributed by atoms with Crippen LogP contribution in [0, 0.1) is 0 Å². The summed E-state index contributed by atoms with van der Waals surface area (Å²) in [7, 11) is 0. The molecule has 5 heteroatoms. The molecule has 2 aliphatic rings. The van der Waals surface area contributed by atoms with Crippen molar-refractivity contribution in [1.82, 2.24) is 10.2 Å². The predicted molar refractivity (Wildman–Crippen MR) is 88.9 cm³/mol. The van der Waals surface area contributed by atoms with E-state index in [1.165, 1.54) is 19.3 Å². The largest absolute Gasteiger partial charge is 0.328 e. The summed E-state index contributed by atoms with van der Waals surface area (Å²) in [6, 6.07) is 7.64. The zero-order chi connectivity index (χ0) is 14.8. The smallest absolute Gasteiger partial charge is 0.276 e. The zero-order valence-corrected chi connectivity index (χ0v) is 13.2. The van der Waals surface area contributed by atoms with Gasteiger partial charge in [0.25, 0.3) is 5.91 Å². The molecule has 1 aliphatic heterocycles. The van der Waals surface area contributed by atoms with Crippen molar-refractivity contribution in [2.75, 3.05) is 0 Å². The lowest BCUT2D eigenvalue weighted by Crippen LogP contribution is -2.41. The fourth-order valence-corrected chi connectivity index (χ4v) is 3.41. The van der Waals surface area contributed by atoms with Crippen molar-refractivity contribution in [3.05, 3.63) is 40.5 Å². The summed E-state index contributed by atoms with van der Waals surface area (Å²) in [5, 5.41) is 4.27. The van der Waals surface area contributed by atoms with E-state index >= 15 is 0 Å². The number of amides is 1. The van der Waals surface area contributed by atoms with Crippen LogP contribution in [0.2, 0.25) is 5.02 Å². The predicted octanol–water partition coefficient (Wildman–Crippen LogP) is 3.73. The summed E-state index contributed by atoms with van der Waals surface area (Å²) < 4.78 is 0. The zero-order valence-electron chi connectivity index (χ0n) is 11.6. The Balaban J connectivity index is 1.80. The van der Waals surface area contributed by atoms with Gasteiger partial charge in [-0.25, -0.2) is 0 Å². The second kappa shape index (κ2) is 6.16. The van der Waals surface area contributed by atoms with E-state index in [2.05, 4.69) is 5.32 Å². The first-order valence-electron chi connectivity index (χ1n) is 7.27. The van der Waals surface area contributed by atoms with E-state index in [9.17, 15) is 4.79 Å². The average Bonchev–Trinajstić information content (AvgIpc) is 2.77. The Kier molecular flexibility index (Phi) is 4.27. The summed E-state index contributed by atoms with van der Waals surface area (Å²) in [4.78, 5) is 14.3. The van der Waals surface area contributed by atoms with Gasteiger partial charge >= 0.3 is 0 Å². The number of thiocarbonyl (C=S) groups is 1. The molecular weight excluding hydrogens is 304 g/mol. The molecule has 0 spiro atoms. The van der Waals surface area contributed by atoms with Crippen molar-refractivity contribution in [1.29, 1.82) is 0 Å². The fraction of sp³-hybridized carbons (Fsp3) is 0.375. The van der Waals surface area contributed by atoms with Gasteiger partial charge in [0.1, 0.15) is 5.70 Å². The molecule has 21 heavy (non-hydrogen) atoms. The van der Waals surface area contributed by atoms with E-state index < -0.39 is 0 Å². The van der Waals surface area contributed by atoms with Gasteiger partial charge < -0.3 is 5.32 Å². The molecule has 1 saturated carbocycles. The summed E-state index contributed by atoms with van der Waals surface area (Å²) in [6.45, 7) is 0. The topological polar surface area (TPSA) is 32.3 Å². The molecule has 1 aromatic carbocycles. The summed E-state index contributed by atoms with van der Waals surface area (Å²) in [5.74, 6) is -0.0122. The van der Waals surface area contributed by atoms with E-state index in [4.69, 9.17) is 23.8 Å². The van der Waals surface area contributed by atoms with Crippen molar-refractivity contribution >= 4 is 40.9 Å². The molecule has 3 nitrogen and oxygen atoms in total. The van der Waals surface area contributed by atoms with Gasteiger partial charge in [0.15, 0.2) is 5.11 Å². The van der Waals surface area contributed by atoms with Gasteiger partial charge in [0, 0.05) is 11.1 Å². The van der Waals surface area contributed by atoms with Crippen LogP contribution in [-0.2, 0) is 4.79 Å². The van der Waals surface area contributed by atoms with E-state index in [0.29, 0.717) is 15.8 Å². The second-order valence-electron chi connectivity index (χ2n) is 5.51. The van der Waals surface area contributed by atoms with Crippen LogP contribution in [0.3, 0.4) is 0 Å². The molecule has 2 fully saturated rings. The number of carbonyl (C=O) groups is 1. The lowest BCUT2D eigenvalue weighted by Gasteiger charge is -2.29. The minimum Gasteiger partial charge on any atom is -0.328 e. The number of halogens is 1. The van der Waals surface area contributed by atoms with Crippen LogP contribution in [0.1, 0.15) is 37.7 Å². The van der Waals surface area contributed by atoms with Crippen LogP contribution in [-0.4, -0.2) is 22.0 Å². The fourth-order valence-electron chi connectivity index (χ4n) is 2.95. The SMILES string of the molecule is O=C1/C(=C\c2ccc(Cl)cc2)NC(=S)N1C1CCCCC1. The molecular formula is C16H17ClN2OS. The lowest BCUT2D eigenvalue weighted by molar-refractivity contribution is -0.124. The third-order valence-corrected chi connectivity index (χ3v) is 4.58. The van der Waals surface area contributed by atoms with E-state index in [1.54, 1.807) is 4.90 Å². The quantitative estimate of drug-likeness (QED) is 0.665. The maximum atomic E-state index is 12.6. The number of hydrogen-bond donors (Lipinski definition) is 1. The molecule has 110 valence electrons. The molecule has 0 bridgehead atoms. The lowest BCUT2D eigenvalue weighted by atomic mass is 9.94. The summed E-state index contributed by atoms with van der Waals surface area (Å²) >= 11 is 11.2. The molecule has 1 heterocycles. The van der Waals surface area contributed by atoms with Crippen molar-refractivity contribution < 1.29 is 4.79 Å². The molecule has 0 radical (unpaired) electrons. The molecule has 3 rings (SSSR count). The number of nitrogens with one attached hydrogen (secondary N) is 1. The van der Waals surface area contributed by atoms with E-state index in [1.807, 2.05) is 30.3 Å². The van der Waals surface area contributed by atoms with Crippen molar-refractivity contribution in [3.8, 4) is 0 Å². The molecule has 0 aromatic heterocycles. The maximum absolute atomic E-state index is 12.6. The number of carbonyl (C=O) groups excluding carboxylic acids is 1. The van der Waals surface area contributed by atoms with Gasteiger partial charge in [-0.2, -0.15) is 0 Å². The highest BCUT2D eigenvalue weighted by Gasteiger charge is 2.36. The van der Waals surface area contributed by atoms with Crippen LogP contribution >= 0.6 is 23.8 Å². The van der Waals surface area contributed by atoms with Crippen LogP contribution in [0.4, 0.5) is 0 Å². The first kappa shape index (κ1) is 14.5. The standard InChI is InChI=1S/C16H17ClN2OS/c17-12-8-6-11(7-9-12)10-14-15(20)19(16(21)18-14)13-4-2-1-3-5-13/h6-10,13H,1-5H2,(H,18,21)/b14-10+. The Morgan fingerprint density at radius 1 is 1.19 bits per heavy atom. The molecule has 0 unspecified atom stereocenters. The van der Waals surface area contributed by atoms with Gasteiger partial charge in [-0.05, 0) is 48.8 Å². The first-order chi connectivity index (χ1) is 10.1. The highest BCUT2D eigenvalue weighted by molar-refractivity contribution is 7.80. The maximum Gasteiger partial charge on any atom is 0.276 e. The number of benzene rings is 1. The Labute approximate surface area is 135 Å². The highest BCUT2D eigenvalue weighted by atomic mass is 35.5. The third kappa shape index (κ3) is 3.11. The molecule has 1 aromatic rings. The van der Waals surface area contributed by atoms with Crippen molar-refractivity contribution in [3.63, 3.8) is 0 Å². The van der Waals surface area contributed by atoms with Crippen LogP contribution in [0.25, 0.3) is 6.08 Å². The summed E-state index contributed by atoms with van der Waals surface area (Å²) in [6.07, 6.45) is 7.52. The van der Waals surface area contributed by atoms with E-state index in [0.717, 1.165) is 18.4 Å².